The van der Waals surface area contributed by atoms with Gasteiger partial charge in [0.05, 0.1) is 6.54 Å². The van der Waals surface area contributed by atoms with Crippen molar-refractivity contribution in [2.75, 3.05) is 19.9 Å². The Kier molecular flexibility index (Phi) is 4.09. The molecule has 0 spiro atoms. The number of carbonyl (C=O) groups is 1. The van der Waals surface area contributed by atoms with E-state index in [4.69, 9.17) is 14.2 Å². The minimum Gasteiger partial charge on any atom is -0.492 e. The highest BCUT2D eigenvalue weighted by Gasteiger charge is 2.13. The lowest BCUT2D eigenvalue weighted by atomic mass is 10.3. The Hall–Kier alpha value is -2.76. The minimum absolute atomic E-state index is 0.210. The second-order valence-electron chi connectivity index (χ2n) is 4.78. The second-order valence-corrected chi connectivity index (χ2v) is 4.78. The molecule has 2 heterocycles. The summed E-state index contributed by atoms with van der Waals surface area (Å²) in [5, 5.41) is 2.77. The van der Waals surface area contributed by atoms with E-state index in [1.54, 1.807) is 30.3 Å². The number of benzene rings is 1. The van der Waals surface area contributed by atoms with E-state index in [0.29, 0.717) is 36.1 Å². The Bertz CT molecular complexity index is 688. The van der Waals surface area contributed by atoms with Crippen molar-refractivity contribution in [3.63, 3.8) is 0 Å². The van der Waals surface area contributed by atoms with Gasteiger partial charge in [-0.05, 0) is 31.2 Å². The number of amides is 1. The second kappa shape index (κ2) is 6.34. The molecular weight excluding hydrogens is 284 g/mol. The van der Waals surface area contributed by atoms with Crippen LogP contribution in [-0.4, -0.2) is 30.8 Å². The van der Waals surface area contributed by atoms with Crippen molar-refractivity contribution < 1.29 is 19.0 Å². The molecule has 0 saturated carbocycles. The van der Waals surface area contributed by atoms with Crippen LogP contribution in [0.25, 0.3) is 0 Å². The number of pyridine rings is 1. The Balaban J connectivity index is 1.46. The Morgan fingerprint density at radius 1 is 1.27 bits per heavy atom. The summed E-state index contributed by atoms with van der Waals surface area (Å²) in [5.41, 5.74) is 1.22. The lowest BCUT2D eigenvalue weighted by molar-refractivity contribution is 0.0941. The number of ether oxygens (including phenoxy) is 3. The third-order valence-corrected chi connectivity index (χ3v) is 3.12. The lowest BCUT2D eigenvalue weighted by Crippen LogP contribution is -2.28. The van der Waals surface area contributed by atoms with E-state index in [1.807, 2.05) is 13.0 Å². The molecule has 0 radical (unpaired) electrons. The number of hydrogen-bond donors (Lipinski definition) is 1. The van der Waals surface area contributed by atoms with Crippen LogP contribution in [0.15, 0.2) is 36.4 Å². The first-order valence-electron chi connectivity index (χ1n) is 6.97. The van der Waals surface area contributed by atoms with Crippen molar-refractivity contribution in [3.05, 3.63) is 47.8 Å². The quantitative estimate of drug-likeness (QED) is 0.854. The number of hydrogen-bond acceptors (Lipinski definition) is 5. The fraction of sp³-hybridized carbons (Fsp3) is 0.250. The van der Waals surface area contributed by atoms with E-state index in [1.165, 1.54) is 0 Å². The molecule has 6 heteroatoms. The predicted molar refractivity (Wildman–Crippen MR) is 79.4 cm³/mol. The normalized spacial score (nSPS) is 12.0. The van der Waals surface area contributed by atoms with Crippen molar-refractivity contribution in [1.82, 2.24) is 10.3 Å². The molecule has 0 fully saturated rings. The van der Waals surface area contributed by atoms with Gasteiger partial charge in [-0.3, -0.25) is 4.79 Å². The predicted octanol–water partition coefficient (Wildman–Crippen LogP) is 1.93. The fourth-order valence-corrected chi connectivity index (χ4v) is 2.06. The number of nitrogens with zero attached hydrogens (tertiary/aromatic N) is 1. The van der Waals surface area contributed by atoms with Gasteiger partial charge in [-0.2, -0.15) is 0 Å². The fourth-order valence-electron chi connectivity index (χ4n) is 2.06. The minimum atomic E-state index is -0.210. The molecule has 1 amide bonds. The van der Waals surface area contributed by atoms with Crippen LogP contribution >= 0.6 is 0 Å². The smallest absolute Gasteiger partial charge is 0.270 e. The Morgan fingerprint density at radius 3 is 3.00 bits per heavy atom. The summed E-state index contributed by atoms with van der Waals surface area (Å²) < 4.78 is 16.1. The van der Waals surface area contributed by atoms with Gasteiger partial charge in [0, 0.05) is 11.8 Å². The van der Waals surface area contributed by atoms with Crippen molar-refractivity contribution in [3.8, 4) is 17.2 Å². The van der Waals surface area contributed by atoms with Crippen LogP contribution in [0.4, 0.5) is 0 Å². The first-order valence-corrected chi connectivity index (χ1v) is 6.97. The molecule has 0 atom stereocenters. The van der Waals surface area contributed by atoms with E-state index < -0.39 is 0 Å². The molecule has 0 aliphatic carbocycles. The van der Waals surface area contributed by atoms with Gasteiger partial charge in [-0.1, -0.05) is 6.07 Å². The van der Waals surface area contributed by atoms with Crippen LogP contribution in [0.2, 0.25) is 0 Å². The topological polar surface area (TPSA) is 69.7 Å². The van der Waals surface area contributed by atoms with Crippen LogP contribution in [0.1, 0.15) is 16.2 Å². The lowest BCUT2D eigenvalue weighted by Gasteiger charge is -2.08. The van der Waals surface area contributed by atoms with Gasteiger partial charge in [0.2, 0.25) is 6.79 Å². The van der Waals surface area contributed by atoms with Crippen LogP contribution in [0.3, 0.4) is 0 Å². The monoisotopic (exact) mass is 300 g/mol. The first kappa shape index (κ1) is 14.2. The maximum absolute atomic E-state index is 11.9. The molecule has 1 aliphatic rings. The van der Waals surface area contributed by atoms with Crippen molar-refractivity contribution in [1.29, 1.82) is 0 Å². The van der Waals surface area contributed by atoms with Crippen LogP contribution in [-0.2, 0) is 0 Å². The molecule has 3 rings (SSSR count). The van der Waals surface area contributed by atoms with E-state index >= 15 is 0 Å². The van der Waals surface area contributed by atoms with E-state index in [0.717, 1.165) is 5.69 Å². The van der Waals surface area contributed by atoms with Gasteiger partial charge in [-0.15, -0.1) is 0 Å². The summed E-state index contributed by atoms with van der Waals surface area (Å²) in [5.74, 6) is 1.85. The maximum Gasteiger partial charge on any atom is 0.270 e. The number of fused-ring (bicyclic) bond motifs is 1. The first-order chi connectivity index (χ1) is 10.7. The van der Waals surface area contributed by atoms with Gasteiger partial charge in [0.1, 0.15) is 18.1 Å². The number of aromatic nitrogens is 1. The molecule has 1 aromatic carbocycles. The Morgan fingerprint density at radius 2 is 2.14 bits per heavy atom. The Labute approximate surface area is 128 Å². The summed E-state index contributed by atoms with van der Waals surface area (Å²) in [6, 6.07) is 10.7. The molecule has 0 saturated heterocycles. The average molecular weight is 300 g/mol. The van der Waals surface area contributed by atoms with Gasteiger partial charge in [0.25, 0.3) is 5.91 Å². The number of aryl methyl sites for hydroxylation is 1. The van der Waals surface area contributed by atoms with E-state index in [9.17, 15) is 4.79 Å². The zero-order valence-corrected chi connectivity index (χ0v) is 12.2. The highest BCUT2D eigenvalue weighted by Crippen LogP contribution is 2.34. The number of carbonyl (C=O) groups excluding carboxylic acids is 1. The molecule has 22 heavy (non-hydrogen) atoms. The van der Waals surface area contributed by atoms with Crippen molar-refractivity contribution in [2.24, 2.45) is 0 Å². The van der Waals surface area contributed by atoms with Crippen molar-refractivity contribution >= 4 is 5.91 Å². The molecule has 1 aliphatic heterocycles. The molecule has 114 valence electrons. The van der Waals surface area contributed by atoms with Gasteiger partial charge in [0.15, 0.2) is 11.5 Å². The molecule has 0 bridgehead atoms. The molecular formula is C16H16N2O4. The summed E-state index contributed by atoms with van der Waals surface area (Å²) in [4.78, 5) is 16.1. The third-order valence-electron chi connectivity index (χ3n) is 3.12. The molecule has 6 nitrogen and oxygen atoms in total. The van der Waals surface area contributed by atoms with Crippen LogP contribution < -0.4 is 19.5 Å². The molecule has 0 unspecified atom stereocenters. The highest BCUT2D eigenvalue weighted by molar-refractivity contribution is 5.92. The highest BCUT2D eigenvalue weighted by atomic mass is 16.7. The summed E-state index contributed by atoms with van der Waals surface area (Å²) in [6.07, 6.45) is 0. The largest absolute Gasteiger partial charge is 0.492 e. The SMILES string of the molecule is Cc1cccc(C(=O)NCCOc2ccc3c(c2)OCO3)n1. The molecule has 1 aromatic heterocycles. The summed E-state index contributed by atoms with van der Waals surface area (Å²) >= 11 is 0. The standard InChI is InChI=1S/C16H16N2O4/c1-11-3-2-4-13(18-11)16(19)17-7-8-20-12-5-6-14-15(9-12)22-10-21-14/h2-6,9H,7-8,10H2,1H3,(H,17,19). The van der Waals surface area contributed by atoms with Gasteiger partial charge >= 0.3 is 0 Å². The van der Waals surface area contributed by atoms with Crippen LogP contribution in [0.5, 0.6) is 17.2 Å². The number of rotatable bonds is 5. The zero-order chi connectivity index (χ0) is 15.4. The average Bonchev–Trinajstić information content (AvgIpc) is 2.99. The molecule has 2 aromatic rings. The maximum atomic E-state index is 11.9. The van der Waals surface area contributed by atoms with Gasteiger partial charge in [-0.25, -0.2) is 4.98 Å². The number of nitrogens with one attached hydrogen (secondary N) is 1. The van der Waals surface area contributed by atoms with Crippen molar-refractivity contribution in [2.45, 2.75) is 6.92 Å². The molecule has 1 N–H and O–H groups in total. The van der Waals surface area contributed by atoms with E-state index in [-0.39, 0.29) is 12.7 Å². The summed E-state index contributed by atoms with van der Waals surface area (Å²) in [6.45, 7) is 2.83. The summed E-state index contributed by atoms with van der Waals surface area (Å²) in [7, 11) is 0. The zero-order valence-electron chi connectivity index (χ0n) is 12.2. The van der Waals surface area contributed by atoms with Gasteiger partial charge < -0.3 is 19.5 Å². The van der Waals surface area contributed by atoms with Crippen LogP contribution in [0, 0.1) is 6.92 Å². The van der Waals surface area contributed by atoms with E-state index in [2.05, 4.69) is 10.3 Å². The third kappa shape index (κ3) is 3.28.